The molecule has 108 valence electrons. The number of nitrogens with one attached hydrogen (secondary N) is 1. The van der Waals surface area contributed by atoms with Gasteiger partial charge in [0, 0.05) is 5.56 Å². The van der Waals surface area contributed by atoms with Crippen molar-refractivity contribution in [1.82, 2.24) is 20.4 Å². The highest BCUT2D eigenvalue weighted by molar-refractivity contribution is 5.53. The maximum absolute atomic E-state index is 5.72. The third kappa shape index (κ3) is 4.15. The Morgan fingerprint density at radius 2 is 2.15 bits per heavy atom. The molecule has 1 heterocycles. The standard InChI is InChI=1S/C15H22N4O/c1-12-6-4-7-13(10-12)15-18-17-14(20-15)11-19(3)9-5-8-16-2/h4,6-7,10,16H,5,8-9,11H2,1-3H3. The van der Waals surface area contributed by atoms with Gasteiger partial charge in [0.15, 0.2) is 0 Å². The second-order valence-electron chi connectivity index (χ2n) is 5.07. The van der Waals surface area contributed by atoms with Crippen molar-refractivity contribution < 1.29 is 4.42 Å². The number of benzene rings is 1. The second kappa shape index (κ2) is 7.17. The normalized spacial score (nSPS) is 11.2. The number of aromatic nitrogens is 2. The molecule has 0 spiro atoms. The first-order valence-corrected chi connectivity index (χ1v) is 6.91. The third-order valence-corrected chi connectivity index (χ3v) is 3.10. The number of hydrogen-bond acceptors (Lipinski definition) is 5. The van der Waals surface area contributed by atoms with E-state index in [4.69, 9.17) is 4.42 Å². The average molecular weight is 274 g/mol. The number of rotatable bonds is 7. The summed E-state index contributed by atoms with van der Waals surface area (Å²) < 4.78 is 5.72. The highest BCUT2D eigenvalue weighted by atomic mass is 16.4. The van der Waals surface area contributed by atoms with Gasteiger partial charge in [0.25, 0.3) is 0 Å². The van der Waals surface area contributed by atoms with E-state index in [9.17, 15) is 0 Å². The van der Waals surface area contributed by atoms with Gasteiger partial charge in [-0.25, -0.2) is 0 Å². The number of nitrogens with zero attached hydrogens (tertiary/aromatic N) is 3. The summed E-state index contributed by atoms with van der Waals surface area (Å²) in [5, 5.41) is 11.4. The van der Waals surface area contributed by atoms with Crippen molar-refractivity contribution in [3.63, 3.8) is 0 Å². The van der Waals surface area contributed by atoms with Gasteiger partial charge in [-0.3, -0.25) is 4.90 Å². The van der Waals surface area contributed by atoms with Gasteiger partial charge in [-0.15, -0.1) is 10.2 Å². The van der Waals surface area contributed by atoms with Crippen LogP contribution < -0.4 is 5.32 Å². The Labute approximate surface area is 120 Å². The van der Waals surface area contributed by atoms with Crippen LogP contribution in [0.25, 0.3) is 11.5 Å². The zero-order valence-electron chi connectivity index (χ0n) is 12.4. The van der Waals surface area contributed by atoms with Crippen molar-refractivity contribution in [2.75, 3.05) is 27.2 Å². The highest BCUT2D eigenvalue weighted by Crippen LogP contribution is 2.19. The zero-order valence-corrected chi connectivity index (χ0v) is 12.4. The Hall–Kier alpha value is -1.72. The summed E-state index contributed by atoms with van der Waals surface area (Å²) in [6, 6.07) is 8.09. The summed E-state index contributed by atoms with van der Waals surface area (Å²) in [7, 11) is 4.03. The maximum atomic E-state index is 5.72. The molecule has 20 heavy (non-hydrogen) atoms. The Balaban J connectivity index is 1.95. The number of hydrogen-bond donors (Lipinski definition) is 1. The molecule has 0 amide bonds. The predicted octanol–water partition coefficient (Wildman–Crippen LogP) is 2.09. The van der Waals surface area contributed by atoms with Gasteiger partial charge in [-0.05, 0) is 52.7 Å². The summed E-state index contributed by atoms with van der Waals surface area (Å²) in [4.78, 5) is 2.19. The van der Waals surface area contributed by atoms with Crippen LogP contribution in [0.2, 0.25) is 0 Å². The molecule has 0 unspecified atom stereocenters. The molecule has 2 aromatic rings. The summed E-state index contributed by atoms with van der Waals surface area (Å²) >= 11 is 0. The molecule has 0 fully saturated rings. The molecular weight excluding hydrogens is 252 g/mol. The van der Waals surface area contributed by atoms with Crippen LogP contribution in [0.15, 0.2) is 28.7 Å². The quantitative estimate of drug-likeness (QED) is 0.783. The SMILES string of the molecule is CNCCCN(C)Cc1nnc(-c2cccc(C)c2)o1. The van der Waals surface area contributed by atoms with Gasteiger partial charge in [-0.2, -0.15) is 0 Å². The van der Waals surface area contributed by atoms with E-state index in [0.29, 0.717) is 18.3 Å². The van der Waals surface area contributed by atoms with Crippen LogP contribution in [-0.4, -0.2) is 42.3 Å². The van der Waals surface area contributed by atoms with Gasteiger partial charge >= 0.3 is 0 Å². The molecule has 0 bridgehead atoms. The van der Waals surface area contributed by atoms with Crippen LogP contribution in [0.3, 0.4) is 0 Å². The molecular formula is C15H22N4O. The van der Waals surface area contributed by atoms with Crippen LogP contribution in [0, 0.1) is 6.92 Å². The van der Waals surface area contributed by atoms with E-state index in [1.54, 1.807) is 0 Å². The Morgan fingerprint density at radius 3 is 2.90 bits per heavy atom. The monoisotopic (exact) mass is 274 g/mol. The molecule has 2 rings (SSSR count). The van der Waals surface area contributed by atoms with E-state index in [1.165, 1.54) is 5.56 Å². The van der Waals surface area contributed by atoms with Gasteiger partial charge in [0.1, 0.15) is 0 Å². The molecule has 0 aliphatic heterocycles. The molecule has 5 nitrogen and oxygen atoms in total. The van der Waals surface area contributed by atoms with E-state index < -0.39 is 0 Å². The second-order valence-corrected chi connectivity index (χ2v) is 5.07. The first-order chi connectivity index (χ1) is 9.69. The smallest absolute Gasteiger partial charge is 0.247 e. The lowest BCUT2D eigenvalue weighted by Crippen LogP contribution is -2.22. The predicted molar refractivity (Wildman–Crippen MR) is 79.3 cm³/mol. The number of aryl methyl sites for hydroxylation is 1. The largest absolute Gasteiger partial charge is 0.419 e. The molecule has 1 aromatic heterocycles. The molecule has 0 saturated carbocycles. The van der Waals surface area contributed by atoms with Crippen LogP contribution in [0.4, 0.5) is 0 Å². The van der Waals surface area contributed by atoms with Crippen LogP contribution in [0.1, 0.15) is 17.9 Å². The average Bonchev–Trinajstić information content (AvgIpc) is 2.87. The van der Waals surface area contributed by atoms with Crippen LogP contribution in [-0.2, 0) is 6.54 Å². The van der Waals surface area contributed by atoms with E-state index in [0.717, 1.165) is 25.1 Å². The molecule has 0 aliphatic carbocycles. The third-order valence-electron chi connectivity index (χ3n) is 3.10. The molecule has 5 heteroatoms. The fourth-order valence-electron chi connectivity index (χ4n) is 2.05. The van der Waals surface area contributed by atoms with Crippen molar-refractivity contribution >= 4 is 0 Å². The fraction of sp³-hybridized carbons (Fsp3) is 0.467. The minimum atomic E-state index is 0.590. The Kier molecular flexibility index (Phi) is 5.26. The van der Waals surface area contributed by atoms with E-state index in [2.05, 4.69) is 40.5 Å². The molecule has 0 aliphatic rings. The molecule has 0 atom stereocenters. The Morgan fingerprint density at radius 1 is 1.30 bits per heavy atom. The summed E-state index contributed by atoms with van der Waals surface area (Å²) in [6.45, 7) is 4.75. The van der Waals surface area contributed by atoms with E-state index >= 15 is 0 Å². The van der Waals surface area contributed by atoms with Gasteiger partial charge in [-0.1, -0.05) is 17.7 Å². The summed E-state index contributed by atoms with van der Waals surface area (Å²) in [6.07, 6.45) is 1.10. The zero-order chi connectivity index (χ0) is 14.4. The lowest BCUT2D eigenvalue weighted by atomic mass is 10.1. The summed E-state index contributed by atoms with van der Waals surface area (Å²) in [5.41, 5.74) is 2.16. The van der Waals surface area contributed by atoms with E-state index in [-0.39, 0.29) is 0 Å². The lowest BCUT2D eigenvalue weighted by molar-refractivity contribution is 0.286. The van der Waals surface area contributed by atoms with Gasteiger partial charge < -0.3 is 9.73 Å². The first kappa shape index (κ1) is 14.7. The van der Waals surface area contributed by atoms with E-state index in [1.807, 2.05) is 25.2 Å². The van der Waals surface area contributed by atoms with Gasteiger partial charge in [0.2, 0.25) is 11.8 Å². The highest BCUT2D eigenvalue weighted by Gasteiger charge is 2.10. The molecule has 1 aromatic carbocycles. The fourth-order valence-corrected chi connectivity index (χ4v) is 2.05. The van der Waals surface area contributed by atoms with Crippen LogP contribution in [0.5, 0.6) is 0 Å². The van der Waals surface area contributed by atoms with Crippen molar-refractivity contribution in [2.45, 2.75) is 19.9 Å². The van der Waals surface area contributed by atoms with Crippen LogP contribution >= 0.6 is 0 Å². The topological polar surface area (TPSA) is 54.2 Å². The minimum Gasteiger partial charge on any atom is -0.419 e. The van der Waals surface area contributed by atoms with Crippen molar-refractivity contribution in [3.05, 3.63) is 35.7 Å². The van der Waals surface area contributed by atoms with Crippen molar-refractivity contribution in [1.29, 1.82) is 0 Å². The van der Waals surface area contributed by atoms with Crippen molar-refractivity contribution in [3.8, 4) is 11.5 Å². The Bertz CT molecular complexity index is 538. The van der Waals surface area contributed by atoms with Gasteiger partial charge in [0.05, 0.1) is 6.54 Å². The maximum Gasteiger partial charge on any atom is 0.247 e. The molecule has 1 N–H and O–H groups in total. The van der Waals surface area contributed by atoms with Crippen molar-refractivity contribution in [2.24, 2.45) is 0 Å². The lowest BCUT2D eigenvalue weighted by Gasteiger charge is -2.13. The first-order valence-electron chi connectivity index (χ1n) is 6.91. The molecule has 0 saturated heterocycles. The molecule has 0 radical (unpaired) electrons. The minimum absolute atomic E-state index is 0.590. The summed E-state index contributed by atoms with van der Waals surface area (Å²) in [5.74, 6) is 1.25.